The molecule has 1 aliphatic heterocycles. The monoisotopic (exact) mass is 331 g/mol. The molecule has 1 aromatic heterocycles. The maximum absolute atomic E-state index is 12.3. The fourth-order valence-corrected chi connectivity index (χ4v) is 3.53. The smallest absolute Gasteiger partial charge is 0.265 e. The zero-order valence-corrected chi connectivity index (χ0v) is 14.7. The van der Waals surface area contributed by atoms with E-state index in [2.05, 4.69) is 16.8 Å². The maximum Gasteiger partial charge on any atom is 0.265 e. The molecule has 0 fully saturated rings. The quantitative estimate of drug-likeness (QED) is 0.864. The van der Waals surface area contributed by atoms with Gasteiger partial charge < -0.3 is 14.5 Å². The summed E-state index contributed by atoms with van der Waals surface area (Å²) in [5, 5.41) is 1.05. The highest BCUT2D eigenvalue weighted by atomic mass is 32.1. The first kappa shape index (κ1) is 16.0. The average molecular weight is 331 g/mol. The number of fused-ring (bicyclic) bond motifs is 1. The Labute approximate surface area is 140 Å². The third-order valence-electron chi connectivity index (χ3n) is 3.85. The highest BCUT2D eigenvalue weighted by Crippen LogP contribution is 2.37. The summed E-state index contributed by atoms with van der Waals surface area (Å²) in [4.78, 5) is 21.9. The number of hydrogen-bond acceptors (Lipinski definition) is 5. The molecule has 0 unspecified atom stereocenters. The minimum atomic E-state index is 0.00248. The van der Waals surface area contributed by atoms with E-state index in [0.717, 1.165) is 34.2 Å². The van der Waals surface area contributed by atoms with Crippen molar-refractivity contribution in [1.29, 1.82) is 0 Å². The summed E-state index contributed by atoms with van der Waals surface area (Å²) in [6.07, 6.45) is 0. The average Bonchev–Trinajstić information content (AvgIpc) is 2.84. The minimum Gasteiger partial charge on any atom is -0.482 e. The number of carbonyl (C=O) groups excluding carboxylic acids is 1. The molecule has 5 nitrogen and oxygen atoms in total. The predicted molar refractivity (Wildman–Crippen MR) is 93.4 cm³/mol. The van der Waals surface area contributed by atoms with E-state index < -0.39 is 0 Å². The SMILES string of the molecule is Cc1nc(-c2ccc3c(c2)N(CCN(C)C)C(=O)CO3)c(C)s1. The molecule has 1 amide bonds. The van der Waals surface area contributed by atoms with Gasteiger partial charge in [-0.15, -0.1) is 11.3 Å². The van der Waals surface area contributed by atoms with Crippen molar-refractivity contribution in [3.63, 3.8) is 0 Å². The van der Waals surface area contributed by atoms with Crippen molar-refractivity contribution in [1.82, 2.24) is 9.88 Å². The number of hydrogen-bond donors (Lipinski definition) is 0. The van der Waals surface area contributed by atoms with Crippen LogP contribution < -0.4 is 9.64 Å². The second-order valence-corrected chi connectivity index (χ2v) is 7.36. The van der Waals surface area contributed by atoms with Gasteiger partial charge in [0.2, 0.25) is 0 Å². The van der Waals surface area contributed by atoms with Crippen LogP contribution >= 0.6 is 11.3 Å². The highest BCUT2D eigenvalue weighted by molar-refractivity contribution is 7.11. The highest BCUT2D eigenvalue weighted by Gasteiger charge is 2.26. The van der Waals surface area contributed by atoms with Gasteiger partial charge in [-0.05, 0) is 46.1 Å². The van der Waals surface area contributed by atoms with E-state index in [1.54, 1.807) is 11.3 Å². The molecule has 6 heteroatoms. The Morgan fingerprint density at radius 3 is 2.78 bits per heavy atom. The van der Waals surface area contributed by atoms with Crippen molar-refractivity contribution in [3.05, 3.63) is 28.1 Å². The second-order valence-electron chi connectivity index (χ2n) is 5.96. The van der Waals surface area contributed by atoms with E-state index in [1.165, 1.54) is 4.88 Å². The van der Waals surface area contributed by atoms with Crippen LogP contribution in [0.1, 0.15) is 9.88 Å². The van der Waals surface area contributed by atoms with Crippen molar-refractivity contribution in [2.24, 2.45) is 0 Å². The van der Waals surface area contributed by atoms with E-state index >= 15 is 0 Å². The maximum atomic E-state index is 12.3. The zero-order chi connectivity index (χ0) is 16.6. The lowest BCUT2D eigenvalue weighted by Gasteiger charge is -2.30. The number of thiazole rings is 1. The summed E-state index contributed by atoms with van der Waals surface area (Å²) >= 11 is 1.69. The van der Waals surface area contributed by atoms with Crippen LogP contribution in [-0.2, 0) is 4.79 Å². The number of carbonyl (C=O) groups is 1. The Bertz CT molecular complexity index is 739. The van der Waals surface area contributed by atoms with Gasteiger partial charge >= 0.3 is 0 Å². The molecular formula is C17H21N3O2S. The number of benzene rings is 1. The predicted octanol–water partition coefficient (Wildman–Crippen LogP) is 2.71. The van der Waals surface area contributed by atoms with Crippen molar-refractivity contribution < 1.29 is 9.53 Å². The van der Waals surface area contributed by atoms with Crippen LogP contribution in [0.4, 0.5) is 5.69 Å². The molecule has 3 rings (SSSR count). The summed E-state index contributed by atoms with van der Waals surface area (Å²) in [6.45, 7) is 5.65. The fraction of sp³-hybridized carbons (Fsp3) is 0.412. The van der Waals surface area contributed by atoms with Crippen molar-refractivity contribution in [3.8, 4) is 17.0 Å². The molecule has 2 aromatic rings. The molecule has 0 bridgehead atoms. The second kappa shape index (κ2) is 6.29. The molecule has 0 saturated carbocycles. The number of amides is 1. The number of aryl methyl sites for hydroxylation is 2. The lowest BCUT2D eigenvalue weighted by Crippen LogP contribution is -2.42. The van der Waals surface area contributed by atoms with Crippen LogP contribution in [0.25, 0.3) is 11.3 Å². The molecule has 23 heavy (non-hydrogen) atoms. The van der Waals surface area contributed by atoms with Gasteiger partial charge in [0.05, 0.1) is 16.4 Å². The molecule has 0 spiro atoms. The van der Waals surface area contributed by atoms with Gasteiger partial charge in [-0.25, -0.2) is 4.98 Å². The molecule has 0 aliphatic carbocycles. The molecule has 1 aliphatic rings. The molecule has 0 saturated heterocycles. The van der Waals surface area contributed by atoms with Gasteiger partial charge in [0.1, 0.15) is 5.75 Å². The van der Waals surface area contributed by atoms with Crippen LogP contribution in [0, 0.1) is 13.8 Å². The number of aromatic nitrogens is 1. The molecule has 1 aromatic carbocycles. The Kier molecular flexibility index (Phi) is 4.37. The topological polar surface area (TPSA) is 45.7 Å². The number of nitrogens with zero attached hydrogens (tertiary/aromatic N) is 3. The lowest BCUT2D eigenvalue weighted by atomic mass is 10.1. The first-order valence-electron chi connectivity index (χ1n) is 7.62. The van der Waals surface area contributed by atoms with E-state index in [-0.39, 0.29) is 12.5 Å². The Morgan fingerprint density at radius 2 is 2.13 bits per heavy atom. The number of likely N-dealkylation sites (N-methyl/N-ethyl adjacent to an activating group) is 1. The van der Waals surface area contributed by atoms with Crippen molar-refractivity contribution in [2.45, 2.75) is 13.8 Å². The van der Waals surface area contributed by atoms with Crippen LogP contribution in [-0.4, -0.2) is 49.6 Å². The van der Waals surface area contributed by atoms with Crippen molar-refractivity contribution >= 4 is 22.9 Å². The summed E-state index contributed by atoms with van der Waals surface area (Å²) in [5.74, 6) is 0.763. The van der Waals surface area contributed by atoms with E-state index in [0.29, 0.717) is 6.54 Å². The van der Waals surface area contributed by atoms with Crippen LogP contribution in [0.3, 0.4) is 0 Å². The third-order valence-corrected chi connectivity index (χ3v) is 4.74. The molecule has 0 radical (unpaired) electrons. The molecule has 2 heterocycles. The standard InChI is InChI=1S/C17H21N3O2S/c1-11-17(18-12(2)23-11)13-5-6-15-14(9-13)20(8-7-19(3)4)16(21)10-22-15/h5-6,9H,7-8,10H2,1-4H3. The Balaban J connectivity index is 1.99. The Hall–Kier alpha value is -1.92. The van der Waals surface area contributed by atoms with Crippen LogP contribution in [0.5, 0.6) is 5.75 Å². The minimum absolute atomic E-state index is 0.00248. The van der Waals surface area contributed by atoms with Gasteiger partial charge in [-0.3, -0.25) is 4.79 Å². The largest absolute Gasteiger partial charge is 0.482 e. The zero-order valence-electron chi connectivity index (χ0n) is 13.9. The molecule has 0 atom stereocenters. The number of ether oxygens (including phenoxy) is 1. The van der Waals surface area contributed by atoms with E-state index in [1.807, 2.05) is 44.1 Å². The van der Waals surface area contributed by atoms with E-state index in [9.17, 15) is 4.79 Å². The third kappa shape index (κ3) is 3.23. The molecule has 0 N–H and O–H groups in total. The molecule has 122 valence electrons. The fourth-order valence-electron chi connectivity index (χ4n) is 2.69. The van der Waals surface area contributed by atoms with Crippen LogP contribution in [0.15, 0.2) is 18.2 Å². The first-order valence-corrected chi connectivity index (χ1v) is 8.43. The Morgan fingerprint density at radius 1 is 1.35 bits per heavy atom. The van der Waals surface area contributed by atoms with Gasteiger partial charge in [0, 0.05) is 23.5 Å². The summed E-state index contributed by atoms with van der Waals surface area (Å²) in [7, 11) is 4.01. The summed E-state index contributed by atoms with van der Waals surface area (Å²) < 4.78 is 5.58. The lowest BCUT2D eigenvalue weighted by molar-refractivity contribution is -0.121. The number of rotatable bonds is 4. The van der Waals surface area contributed by atoms with Gasteiger partial charge in [0.25, 0.3) is 5.91 Å². The first-order chi connectivity index (χ1) is 11.0. The van der Waals surface area contributed by atoms with Crippen molar-refractivity contribution in [2.75, 3.05) is 38.7 Å². The molecular weight excluding hydrogens is 310 g/mol. The summed E-state index contributed by atoms with van der Waals surface area (Å²) in [5.41, 5.74) is 2.85. The van der Waals surface area contributed by atoms with Gasteiger partial charge in [-0.2, -0.15) is 0 Å². The van der Waals surface area contributed by atoms with Gasteiger partial charge in [-0.1, -0.05) is 0 Å². The summed E-state index contributed by atoms with van der Waals surface area (Å²) in [6, 6.07) is 5.97. The normalized spacial score (nSPS) is 14.1. The van der Waals surface area contributed by atoms with Gasteiger partial charge in [0.15, 0.2) is 6.61 Å². The number of anilines is 1. The van der Waals surface area contributed by atoms with Crippen LogP contribution in [0.2, 0.25) is 0 Å². The van der Waals surface area contributed by atoms with E-state index in [4.69, 9.17) is 4.74 Å².